The first-order valence-electron chi connectivity index (χ1n) is 6.67. The summed E-state index contributed by atoms with van der Waals surface area (Å²) in [5.74, 6) is -0.223. The maximum Gasteiger partial charge on any atom is 0.190 e. The highest BCUT2D eigenvalue weighted by Gasteiger charge is 2.12. The maximum absolute atomic E-state index is 11.6. The molecule has 1 unspecified atom stereocenters. The van der Waals surface area contributed by atoms with Gasteiger partial charge in [0.05, 0.1) is 0 Å². The molecule has 0 bridgehead atoms. The molecule has 0 heterocycles. The Balaban J connectivity index is 2.83. The monoisotopic (exact) mass is 249 g/mol. The van der Waals surface area contributed by atoms with Crippen LogP contribution in [0.2, 0.25) is 0 Å². The summed E-state index contributed by atoms with van der Waals surface area (Å²) in [6.45, 7) is 7.87. The van der Waals surface area contributed by atoms with E-state index < -0.39 is 6.10 Å². The number of Topliss-reactive ketones (excluding diaryl/α,β-unsaturated/α-hetero) is 1. The second-order valence-electron chi connectivity index (χ2n) is 4.57. The Labute approximate surface area is 109 Å². The largest absolute Gasteiger partial charge is 0.385 e. The van der Waals surface area contributed by atoms with Gasteiger partial charge in [0.15, 0.2) is 5.78 Å². The minimum atomic E-state index is -0.932. The van der Waals surface area contributed by atoms with Crippen LogP contribution in [0.3, 0.4) is 0 Å². The molecule has 0 saturated heterocycles. The van der Waals surface area contributed by atoms with Crippen molar-refractivity contribution in [2.24, 2.45) is 0 Å². The Kier molecular flexibility index (Phi) is 5.86. The van der Waals surface area contributed by atoms with Gasteiger partial charge in [-0.25, -0.2) is 0 Å². The quantitative estimate of drug-likeness (QED) is 0.755. The summed E-state index contributed by atoms with van der Waals surface area (Å²) in [7, 11) is 0. The molecule has 0 fully saturated rings. The van der Waals surface area contributed by atoms with Crippen molar-refractivity contribution in [2.75, 3.05) is 18.0 Å². The van der Waals surface area contributed by atoms with Crippen LogP contribution in [0.15, 0.2) is 24.3 Å². The van der Waals surface area contributed by atoms with Gasteiger partial charge in [-0.2, -0.15) is 0 Å². The zero-order valence-corrected chi connectivity index (χ0v) is 11.5. The number of hydrogen-bond acceptors (Lipinski definition) is 3. The second kappa shape index (κ2) is 7.17. The molecule has 18 heavy (non-hydrogen) atoms. The first-order valence-corrected chi connectivity index (χ1v) is 6.67. The van der Waals surface area contributed by atoms with Gasteiger partial charge >= 0.3 is 0 Å². The first-order chi connectivity index (χ1) is 8.60. The van der Waals surface area contributed by atoms with Crippen molar-refractivity contribution in [3.05, 3.63) is 29.8 Å². The zero-order chi connectivity index (χ0) is 13.5. The summed E-state index contributed by atoms with van der Waals surface area (Å²) in [5, 5.41) is 9.26. The molecule has 3 heteroatoms. The summed E-state index contributed by atoms with van der Waals surface area (Å²) in [5.41, 5.74) is 1.71. The molecule has 1 atom stereocenters. The molecule has 0 saturated carbocycles. The SMILES string of the molecule is CCCN(CCC)c1ccc(C(=O)C(C)O)cc1. The number of rotatable bonds is 7. The average molecular weight is 249 g/mol. The molecule has 100 valence electrons. The Morgan fingerprint density at radius 2 is 1.67 bits per heavy atom. The van der Waals surface area contributed by atoms with E-state index in [1.807, 2.05) is 12.1 Å². The van der Waals surface area contributed by atoms with Crippen LogP contribution in [0, 0.1) is 0 Å². The highest BCUT2D eigenvalue weighted by atomic mass is 16.3. The molecule has 0 aliphatic heterocycles. The summed E-state index contributed by atoms with van der Waals surface area (Å²) in [4.78, 5) is 13.9. The maximum atomic E-state index is 11.6. The zero-order valence-electron chi connectivity index (χ0n) is 11.5. The molecule has 1 N–H and O–H groups in total. The van der Waals surface area contributed by atoms with Crippen LogP contribution in [0.25, 0.3) is 0 Å². The third-order valence-electron chi connectivity index (χ3n) is 2.88. The standard InChI is InChI=1S/C15H23NO2/c1-4-10-16(11-5-2)14-8-6-13(7-9-14)15(18)12(3)17/h6-9,12,17H,4-5,10-11H2,1-3H3. The molecular formula is C15H23NO2. The number of carbonyl (C=O) groups is 1. The number of hydrogen-bond donors (Lipinski definition) is 1. The molecule has 0 amide bonds. The van der Waals surface area contributed by atoms with Gasteiger partial charge in [-0.1, -0.05) is 13.8 Å². The van der Waals surface area contributed by atoms with E-state index in [1.165, 1.54) is 6.92 Å². The van der Waals surface area contributed by atoms with E-state index in [9.17, 15) is 9.90 Å². The van der Waals surface area contributed by atoms with Crippen molar-refractivity contribution in [1.82, 2.24) is 0 Å². The normalized spacial score (nSPS) is 12.2. The lowest BCUT2D eigenvalue weighted by molar-refractivity contribution is 0.0779. The van der Waals surface area contributed by atoms with Crippen molar-refractivity contribution in [1.29, 1.82) is 0 Å². The molecule has 1 aromatic rings. The van der Waals surface area contributed by atoms with E-state index in [2.05, 4.69) is 18.7 Å². The number of nitrogens with zero attached hydrogens (tertiary/aromatic N) is 1. The number of aliphatic hydroxyl groups excluding tert-OH is 1. The van der Waals surface area contributed by atoms with E-state index in [0.29, 0.717) is 5.56 Å². The first kappa shape index (κ1) is 14.7. The Morgan fingerprint density at radius 3 is 2.06 bits per heavy atom. The van der Waals surface area contributed by atoms with Gasteiger partial charge in [0.25, 0.3) is 0 Å². The van der Waals surface area contributed by atoms with Gasteiger partial charge in [0.2, 0.25) is 0 Å². The van der Waals surface area contributed by atoms with Crippen LogP contribution in [-0.4, -0.2) is 30.1 Å². The van der Waals surface area contributed by atoms with Crippen molar-refractivity contribution >= 4 is 11.5 Å². The summed E-state index contributed by atoms with van der Waals surface area (Å²) in [6, 6.07) is 7.51. The van der Waals surface area contributed by atoms with Crippen molar-refractivity contribution < 1.29 is 9.90 Å². The highest BCUT2D eigenvalue weighted by Crippen LogP contribution is 2.17. The summed E-state index contributed by atoms with van der Waals surface area (Å²) < 4.78 is 0. The smallest absolute Gasteiger partial charge is 0.190 e. The van der Waals surface area contributed by atoms with Gasteiger partial charge in [-0.15, -0.1) is 0 Å². The van der Waals surface area contributed by atoms with Crippen LogP contribution in [0.4, 0.5) is 5.69 Å². The molecule has 0 spiro atoms. The molecule has 1 rings (SSSR count). The molecule has 0 aromatic heterocycles. The van der Waals surface area contributed by atoms with Gasteiger partial charge in [-0.3, -0.25) is 4.79 Å². The highest BCUT2D eigenvalue weighted by molar-refractivity contribution is 5.99. The lowest BCUT2D eigenvalue weighted by atomic mass is 10.1. The van der Waals surface area contributed by atoms with Crippen LogP contribution in [0.5, 0.6) is 0 Å². The van der Waals surface area contributed by atoms with Crippen molar-refractivity contribution in [3.63, 3.8) is 0 Å². The molecule has 1 aromatic carbocycles. The van der Waals surface area contributed by atoms with Gasteiger partial charge < -0.3 is 10.0 Å². The van der Waals surface area contributed by atoms with Gasteiger partial charge in [0.1, 0.15) is 6.10 Å². The minimum absolute atomic E-state index is 0.223. The van der Waals surface area contributed by atoms with Crippen molar-refractivity contribution in [3.8, 4) is 0 Å². The topological polar surface area (TPSA) is 40.5 Å². The fraction of sp³-hybridized carbons (Fsp3) is 0.533. The van der Waals surface area contributed by atoms with Crippen LogP contribution >= 0.6 is 0 Å². The van der Waals surface area contributed by atoms with E-state index in [4.69, 9.17) is 0 Å². The Morgan fingerprint density at radius 1 is 1.17 bits per heavy atom. The predicted molar refractivity (Wildman–Crippen MR) is 75.2 cm³/mol. The summed E-state index contributed by atoms with van der Waals surface area (Å²) >= 11 is 0. The molecular weight excluding hydrogens is 226 g/mol. The minimum Gasteiger partial charge on any atom is -0.385 e. The van der Waals surface area contributed by atoms with Crippen LogP contribution in [-0.2, 0) is 0 Å². The third kappa shape index (κ3) is 3.84. The fourth-order valence-electron chi connectivity index (χ4n) is 1.99. The number of carbonyl (C=O) groups excluding carboxylic acids is 1. The predicted octanol–water partition coefficient (Wildman–Crippen LogP) is 2.88. The van der Waals surface area contributed by atoms with Gasteiger partial charge in [-0.05, 0) is 44.0 Å². The number of anilines is 1. The fourth-order valence-corrected chi connectivity index (χ4v) is 1.99. The summed E-state index contributed by atoms with van der Waals surface area (Å²) in [6.07, 6.45) is 1.28. The van der Waals surface area contributed by atoms with E-state index in [-0.39, 0.29) is 5.78 Å². The molecule has 0 aliphatic rings. The number of benzene rings is 1. The Bertz CT molecular complexity index is 365. The average Bonchev–Trinajstić information content (AvgIpc) is 2.38. The second-order valence-corrected chi connectivity index (χ2v) is 4.57. The van der Waals surface area contributed by atoms with Crippen molar-refractivity contribution in [2.45, 2.75) is 39.7 Å². The number of ketones is 1. The van der Waals surface area contributed by atoms with E-state index >= 15 is 0 Å². The lowest BCUT2D eigenvalue weighted by Crippen LogP contribution is -2.25. The molecule has 3 nitrogen and oxygen atoms in total. The number of aliphatic hydroxyl groups is 1. The molecule has 0 aliphatic carbocycles. The Hall–Kier alpha value is -1.35. The van der Waals surface area contributed by atoms with Crippen LogP contribution < -0.4 is 4.90 Å². The van der Waals surface area contributed by atoms with Gasteiger partial charge in [0, 0.05) is 24.3 Å². The molecule has 0 radical (unpaired) electrons. The lowest BCUT2D eigenvalue weighted by Gasteiger charge is -2.23. The van der Waals surface area contributed by atoms with E-state index in [1.54, 1.807) is 12.1 Å². The van der Waals surface area contributed by atoms with Crippen LogP contribution in [0.1, 0.15) is 44.0 Å². The van der Waals surface area contributed by atoms with E-state index in [0.717, 1.165) is 31.6 Å². The third-order valence-corrected chi connectivity index (χ3v) is 2.88.